The van der Waals surface area contributed by atoms with Gasteiger partial charge in [0, 0.05) is 17.1 Å². The molecule has 0 aliphatic carbocycles. The van der Waals surface area contributed by atoms with Crippen LogP contribution in [0.2, 0.25) is 5.02 Å². The lowest BCUT2D eigenvalue weighted by Gasteiger charge is -2.10. The molecule has 0 bridgehead atoms. The van der Waals surface area contributed by atoms with Crippen LogP contribution in [0.3, 0.4) is 0 Å². The van der Waals surface area contributed by atoms with Crippen molar-refractivity contribution in [1.29, 1.82) is 0 Å². The maximum atomic E-state index is 12.1. The molecule has 0 aliphatic rings. The van der Waals surface area contributed by atoms with Gasteiger partial charge < -0.3 is 15.4 Å². The Kier molecular flexibility index (Phi) is 6.46. The van der Waals surface area contributed by atoms with E-state index in [4.69, 9.17) is 11.6 Å². The van der Waals surface area contributed by atoms with Crippen molar-refractivity contribution >= 4 is 23.4 Å². The topological polar surface area (TPSA) is 67.4 Å². The zero-order chi connectivity index (χ0) is 19.2. The van der Waals surface area contributed by atoms with Crippen molar-refractivity contribution in [1.82, 2.24) is 10.6 Å². The molecule has 5 nitrogen and oxygen atoms in total. The minimum atomic E-state index is -4.75. The molecule has 26 heavy (non-hydrogen) atoms. The fourth-order valence-corrected chi connectivity index (χ4v) is 2.15. The van der Waals surface area contributed by atoms with Gasteiger partial charge in [0.2, 0.25) is 5.91 Å². The zero-order valence-corrected chi connectivity index (χ0v) is 14.0. The standard InChI is InChI=1S/C17H14ClF3N2O3/c18-13-3-1-2-12(8-13)16(25)23-10-15(24)22-9-11-4-6-14(7-5-11)26-17(19,20)21/h1-8H,9-10H2,(H,22,24)(H,23,25). The first-order valence-electron chi connectivity index (χ1n) is 7.38. The minimum Gasteiger partial charge on any atom is -0.406 e. The molecule has 0 saturated carbocycles. The first-order chi connectivity index (χ1) is 12.2. The van der Waals surface area contributed by atoms with E-state index in [-0.39, 0.29) is 18.8 Å². The van der Waals surface area contributed by atoms with Gasteiger partial charge in [-0.15, -0.1) is 13.2 Å². The maximum Gasteiger partial charge on any atom is 0.573 e. The van der Waals surface area contributed by atoms with Crippen molar-refractivity contribution in [3.63, 3.8) is 0 Å². The van der Waals surface area contributed by atoms with Crippen LogP contribution >= 0.6 is 11.6 Å². The fourth-order valence-electron chi connectivity index (χ4n) is 1.96. The van der Waals surface area contributed by atoms with Gasteiger partial charge in [0.15, 0.2) is 0 Å². The summed E-state index contributed by atoms with van der Waals surface area (Å²) in [6, 6.07) is 11.4. The van der Waals surface area contributed by atoms with E-state index in [9.17, 15) is 22.8 Å². The molecule has 2 aromatic carbocycles. The molecule has 0 heterocycles. The third kappa shape index (κ3) is 6.64. The number of amides is 2. The highest BCUT2D eigenvalue weighted by Gasteiger charge is 2.30. The molecular weight excluding hydrogens is 373 g/mol. The molecule has 0 unspecified atom stereocenters. The Hall–Kier alpha value is -2.74. The number of hydrogen-bond acceptors (Lipinski definition) is 3. The quantitative estimate of drug-likeness (QED) is 0.800. The highest BCUT2D eigenvalue weighted by molar-refractivity contribution is 6.30. The summed E-state index contributed by atoms with van der Waals surface area (Å²) < 4.78 is 40.0. The summed E-state index contributed by atoms with van der Waals surface area (Å²) in [6.45, 7) is -0.154. The van der Waals surface area contributed by atoms with Gasteiger partial charge in [0.25, 0.3) is 5.91 Å². The van der Waals surface area contributed by atoms with E-state index in [1.807, 2.05) is 0 Å². The smallest absolute Gasteiger partial charge is 0.406 e. The van der Waals surface area contributed by atoms with Gasteiger partial charge in [0.05, 0.1) is 6.54 Å². The van der Waals surface area contributed by atoms with Gasteiger partial charge in [-0.25, -0.2) is 0 Å². The summed E-state index contributed by atoms with van der Waals surface area (Å²) in [7, 11) is 0. The maximum absolute atomic E-state index is 12.1. The van der Waals surface area contributed by atoms with Gasteiger partial charge in [-0.3, -0.25) is 9.59 Å². The molecule has 0 fully saturated rings. The fraction of sp³-hybridized carbons (Fsp3) is 0.176. The largest absolute Gasteiger partial charge is 0.573 e. The lowest BCUT2D eigenvalue weighted by molar-refractivity contribution is -0.274. The predicted molar refractivity (Wildman–Crippen MR) is 88.8 cm³/mol. The molecule has 2 aromatic rings. The highest BCUT2D eigenvalue weighted by Crippen LogP contribution is 2.22. The number of carbonyl (C=O) groups excluding carboxylic acids is 2. The van der Waals surface area contributed by atoms with Gasteiger partial charge in [0.1, 0.15) is 5.75 Å². The summed E-state index contributed by atoms with van der Waals surface area (Å²) in [5.41, 5.74) is 0.902. The van der Waals surface area contributed by atoms with Gasteiger partial charge in [-0.2, -0.15) is 0 Å². The van der Waals surface area contributed by atoms with Gasteiger partial charge in [-0.1, -0.05) is 29.8 Å². The number of nitrogens with one attached hydrogen (secondary N) is 2. The average Bonchev–Trinajstić information content (AvgIpc) is 2.57. The number of hydrogen-bond donors (Lipinski definition) is 2. The van der Waals surface area contributed by atoms with Gasteiger partial charge in [-0.05, 0) is 35.9 Å². The number of rotatable bonds is 6. The minimum absolute atomic E-state index is 0.0954. The summed E-state index contributed by atoms with van der Waals surface area (Å²) in [5.74, 6) is -1.24. The molecule has 0 spiro atoms. The number of benzene rings is 2. The van der Waals surface area contributed by atoms with E-state index in [0.717, 1.165) is 12.1 Å². The van der Waals surface area contributed by atoms with Crippen LogP contribution in [0.4, 0.5) is 13.2 Å². The number of carbonyl (C=O) groups is 2. The van der Waals surface area contributed by atoms with Crippen molar-refractivity contribution in [2.75, 3.05) is 6.54 Å². The predicted octanol–water partition coefficient (Wildman–Crippen LogP) is 3.28. The second-order valence-electron chi connectivity index (χ2n) is 5.16. The second kappa shape index (κ2) is 8.57. The van der Waals surface area contributed by atoms with Gasteiger partial charge >= 0.3 is 6.36 Å². The van der Waals surface area contributed by atoms with Crippen LogP contribution in [0.25, 0.3) is 0 Å². The lowest BCUT2D eigenvalue weighted by Crippen LogP contribution is -2.36. The molecule has 2 amide bonds. The normalized spacial score (nSPS) is 10.9. The molecule has 2 rings (SSSR count). The van der Waals surface area contributed by atoms with Crippen LogP contribution in [0.1, 0.15) is 15.9 Å². The van der Waals surface area contributed by atoms with Crippen molar-refractivity contribution < 1.29 is 27.5 Å². The van der Waals surface area contributed by atoms with E-state index in [2.05, 4.69) is 15.4 Å². The number of alkyl halides is 3. The Labute approximate surface area is 152 Å². The van der Waals surface area contributed by atoms with Crippen LogP contribution in [0, 0.1) is 0 Å². The number of ether oxygens (including phenoxy) is 1. The second-order valence-corrected chi connectivity index (χ2v) is 5.60. The van der Waals surface area contributed by atoms with Crippen molar-refractivity contribution in [2.45, 2.75) is 12.9 Å². The lowest BCUT2D eigenvalue weighted by atomic mass is 10.2. The summed E-state index contributed by atoms with van der Waals surface area (Å²) in [5, 5.41) is 5.39. The van der Waals surface area contributed by atoms with E-state index in [1.165, 1.54) is 18.2 Å². The highest BCUT2D eigenvalue weighted by atomic mass is 35.5. The van der Waals surface area contributed by atoms with E-state index in [0.29, 0.717) is 16.1 Å². The third-order valence-corrected chi connectivity index (χ3v) is 3.38. The van der Waals surface area contributed by atoms with Crippen LogP contribution in [0.5, 0.6) is 5.75 Å². The molecule has 0 saturated heterocycles. The van der Waals surface area contributed by atoms with E-state index in [1.54, 1.807) is 18.2 Å². The van der Waals surface area contributed by atoms with E-state index >= 15 is 0 Å². The molecular formula is C17H14ClF3N2O3. The Morgan fingerprint density at radius 1 is 1.04 bits per heavy atom. The molecule has 2 N–H and O–H groups in total. The van der Waals surface area contributed by atoms with Crippen LogP contribution < -0.4 is 15.4 Å². The molecule has 0 aliphatic heterocycles. The molecule has 0 atom stereocenters. The number of halogens is 4. The van der Waals surface area contributed by atoms with Crippen molar-refractivity contribution in [2.24, 2.45) is 0 Å². The summed E-state index contributed by atoms with van der Waals surface area (Å²) in [6.07, 6.45) is -4.75. The van der Waals surface area contributed by atoms with Crippen LogP contribution in [0.15, 0.2) is 48.5 Å². The monoisotopic (exact) mass is 386 g/mol. The molecule has 0 aromatic heterocycles. The Morgan fingerprint density at radius 2 is 1.73 bits per heavy atom. The van der Waals surface area contributed by atoms with Crippen molar-refractivity contribution in [3.05, 3.63) is 64.7 Å². The molecule has 9 heteroatoms. The zero-order valence-electron chi connectivity index (χ0n) is 13.3. The first-order valence-corrected chi connectivity index (χ1v) is 7.76. The third-order valence-electron chi connectivity index (χ3n) is 3.14. The Balaban J connectivity index is 1.77. The average molecular weight is 387 g/mol. The summed E-state index contributed by atoms with van der Waals surface area (Å²) >= 11 is 5.79. The first kappa shape index (κ1) is 19.6. The Bertz CT molecular complexity index is 780. The van der Waals surface area contributed by atoms with Crippen LogP contribution in [-0.4, -0.2) is 24.7 Å². The SMILES string of the molecule is O=C(CNC(=O)c1cccc(Cl)c1)NCc1ccc(OC(F)(F)F)cc1. The van der Waals surface area contributed by atoms with Crippen molar-refractivity contribution in [3.8, 4) is 5.75 Å². The summed E-state index contributed by atoms with van der Waals surface area (Å²) in [4.78, 5) is 23.6. The Morgan fingerprint density at radius 3 is 2.35 bits per heavy atom. The molecule has 138 valence electrons. The molecule has 0 radical (unpaired) electrons. The van der Waals surface area contributed by atoms with Crippen LogP contribution in [-0.2, 0) is 11.3 Å². The van der Waals surface area contributed by atoms with E-state index < -0.39 is 18.2 Å².